The van der Waals surface area contributed by atoms with E-state index in [1.807, 2.05) is 6.20 Å². The van der Waals surface area contributed by atoms with Crippen molar-refractivity contribution in [2.75, 3.05) is 18.0 Å². The minimum absolute atomic E-state index is 0.682. The van der Waals surface area contributed by atoms with Gasteiger partial charge >= 0.3 is 0 Å². The highest BCUT2D eigenvalue weighted by atomic mass is 15.2. The largest absolute Gasteiger partial charge is 0.353 e. The highest BCUT2D eigenvalue weighted by molar-refractivity contribution is 5.49. The monoisotopic (exact) mass is 233 g/mol. The highest BCUT2D eigenvalue weighted by Gasteiger charge is 2.24. The number of aryl methyl sites for hydroxylation is 1. The molecule has 1 aliphatic heterocycles. The van der Waals surface area contributed by atoms with Gasteiger partial charge in [-0.3, -0.25) is 0 Å². The van der Waals surface area contributed by atoms with Crippen LogP contribution in [-0.2, 0) is 6.42 Å². The third-order valence-electron chi connectivity index (χ3n) is 3.66. The normalized spacial score (nSPS) is 19.9. The van der Waals surface area contributed by atoms with Crippen LogP contribution in [0.4, 0.5) is 5.82 Å². The van der Waals surface area contributed by atoms with Crippen molar-refractivity contribution in [1.82, 2.24) is 4.98 Å². The molecule has 3 heteroatoms. The summed E-state index contributed by atoms with van der Waals surface area (Å²) in [6, 6.07) is 2.92. The third-order valence-corrected chi connectivity index (χ3v) is 3.66. The lowest BCUT2D eigenvalue weighted by atomic mass is 10.1. The number of rotatable bonds is 4. The van der Waals surface area contributed by atoms with Crippen LogP contribution in [0.5, 0.6) is 0 Å². The minimum atomic E-state index is 0.682. The maximum Gasteiger partial charge on any atom is 0.131 e. The zero-order valence-electron chi connectivity index (χ0n) is 10.9. The Hall–Kier alpha value is -1.09. The zero-order chi connectivity index (χ0) is 12.3. The smallest absolute Gasteiger partial charge is 0.131 e. The van der Waals surface area contributed by atoms with Gasteiger partial charge in [0.1, 0.15) is 5.82 Å². The molecule has 2 heterocycles. The molecule has 0 saturated carbocycles. The van der Waals surface area contributed by atoms with Crippen LogP contribution in [0.15, 0.2) is 12.3 Å². The Morgan fingerprint density at radius 2 is 2.35 bits per heavy atom. The van der Waals surface area contributed by atoms with E-state index in [2.05, 4.69) is 29.8 Å². The van der Waals surface area contributed by atoms with Crippen LogP contribution in [0.2, 0.25) is 0 Å². The molecule has 94 valence electrons. The van der Waals surface area contributed by atoms with Crippen LogP contribution in [0, 0.1) is 6.92 Å². The summed E-state index contributed by atoms with van der Waals surface area (Å²) in [5.41, 5.74) is 8.12. The van der Waals surface area contributed by atoms with Gasteiger partial charge in [-0.05, 0) is 50.3 Å². The number of nitrogens with two attached hydrogens (primary N) is 1. The first-order chi connectivity index (χ1) is 8.26. The molecule has 0 amide bonds. The van der Waals surface area contributed by atoms with Crippen molar-refractivity contribution in [2.24, 2.45) is 5.73 Å². The first-order valence-electron chi connectivity index (χ1n) is 6.68. The second kappa shape index (κ2) is 5.50. The molecule has 1 atom stereocenters. The molecule has 17 heavy (non-hydrogen) atoms. The topological polar surface area (TPSA) is 42.2 Å². The summed E-state index contributed by atoms with van der Waals surface area (Å²) >= 11 is 0. The van der Waals surface area contributed by atoms with E-state index in [9.17, 15) is 0 Å². The van der Waals surface area contributed by atoms with Crippen LogP contribution in [0.3, 0.4) is 0 Å². The molecule has 0 radical (unpaired) electrons. The number of anilines is 1. The molecule has 0 aliphatic carbocycles. The fourth-order valence-electron chi connectivity index (χ4n) is 2.77. The fraction of sp³-hybridized carbons (Fsp3) is 0.643. The summed E-state index contributed by atoms with van der Waals surface area (Å²) in [7, 11) is 0. The molecule has 0 spiro atoms. The Labute approximate surface area is 104 Å². The van der Waals surface area contributed by atoms with Crippen LogP contribution < -0.4 is 10.6 Å². The summed E-state index contributed by atoms with van der Waals surface area (Å²) in [6.07, 6.45) is 6.73. The van der Waals surface area contributed by atoms with Crippen molar-refractivity contribution in [1.29, 1.82) is 0 Å². The molecular formula is C14H23N3. The van der Waals surface area contributed by atoms with Crippen LogP contribution >= 0.6 is 0 Å². The Kier molecular flexibility index (Phi) is 4.00. The zero-order valence-corrected chi connectivity index (χ0v) is 10.9. The molecule has 1 aromatic heterocycles. The van der Waals surface area contributed by atoms with Crippen molar-refractivity contribution in [3.63, 3.8) is 0 Å². The number of hydrogen-bond donors (Lipinski definition) is 1. The standard InChI is InChI=1S/C14H23N3/c1-3-13-5-4-8-17(13)14-11(2)9-12(6-7-15)10-16-14/h9-10,13H,3-8,15H2,1-2H3. The van der Waals surface area contributed by atoms with Crippen molar-refractivity contribution in [2.45, 2.75) is 45.6 Å². The van der Waals surface area contributed by atoms with Gasteiger partial charge in [-0.25, -0.2) is 4.98 Å². The molecule has 3 nitrogen and oxygen atoms in total. The van der Waals surface area contributed by atoms with E-state index in [0.29, 0.717) is 12.6 Å². The summed E-state index contributed by atoms with van der Waals surface area (Å²) in [4.78, 5) is 7.12. The van der Waals surface area contributed by atoms with E-state index >= 15 is 0 Å². The van der Waals surface area contributed by atoms with E-state index < -0.39 is 0 Å². The van der Waals surface area contributed by atoms with Gasteiger partial charge < -0.3 is 10.6 Å². The molecule has 0 aromatic carbocycles. The Bertz CT molecular complexity index is 376. The summed E-state index contributed by atoms with van der Waals surface area (Å²) in [5.74, 6) is 1.18. The molecule has 1 saturated heterocycles. The van der Waals surface area contributed by atoms with Crippen molar-refractivity contribution >= 4 is 5.82 Å². The molecule has 1 fully saturated rings. The van der Waals surface area contributed by atoms with Crippen molar-refractivity contribution in [3.8, 4) is 0 Å². The van der Waals surface area contributed by atoms with E-state index in [0.717, 1.165) is 13.0 Å². The Morgan fingerprint density at radius 3 is 3.00 bits per heavy atom. The summed E-state index contributed by atoms with van der Waals surface area (Å²) < 4.78 is 0. The van der Waals surface area contributed by atoms with Crippen molar-refractivity contribution < 1.29 is 0 Å². The lowest BCUT2D eigenvalue weighted by Gasteiger charge is -2.26. The van der Waals surface area contributed by atoms with Gasteiger partial charge in [0.05, 0.1) is 0 Å². The molecule has 2 rings (SSSR count). The molecule has 1 aromatic rings. The molecule has 2 N–H and O–H groups in total. The first-order valence-corrected chi connectivity index (χ1v) is 6.68. The third kappa shape index (κ3) is 2.60. The van der Waals surface area contributed by atoms with E-state index in [-0.39, 0.29) is 0 Å². The first kappa shape index (κ1) is 12.4. The summed E-state index contributed by atoms with van der Waals surface area (Å²) in [5, 5.41) is 0. The molecule has 1 unspecified atom stereocenters. The average Bonchev–Trinajstić information content (AvgIpc) is 2.77. The second-order valence-corrected chi connectivity index (χ2v) is 4.92. The lowest BCUT2D eigenvalue weighted by molar-refractivity contribution is 0.639. The van der Waals surface area contributed by atoms with Gasteiger partial charge in [-0.2, -0.15) is 0 Å². The van der Waals surface area contributed by atoms with E-state index in [1.54, 1.807) is 0 Å². The lowest BCUT2D eigenvalue weighted by Crippen LogP contribution is -2.30. The van der Waals surface area contributed by atoms with Crippen LogP contribution in [0.1, 0.15) is 37.3 Å². The number of hydrogen-bond acceptors (Lipinski definition) is 3. The van der Waals surface area contributed by atoms with E-state index in [4.69, 9.17) is 5.73 Å². The Balaban J connectivity index is 2.20. The second-order valence-electron chi connectivity index (χ2n) is 4.92. The minimum Gasteiger partial charge on any atom is -0.353 e. The fourth-order valence-corrected chi connectivity index (χ4v) is 2.77. The number of pyridine rings is 1. The van der Waals surface area contributed by atoms with Gasteiger partial charge in [0.2, 0.25) is 0 Å². The van der Waals surface area contributed by atoms with Crippen LogP contribution in [-0.4, -0.2) is 24.1 Å². The molecule has 1 aliphatic rings. The van der Waals surface area contributed by atoms with Gasteiger partial charge in [0.15, 0.2) is 0 Å². The predicted octanol–water partition coefficient (Wildman–Crippen LogP) is 2.27. The molecular weight excluding hydrogens is 210 g/mol. The van der Waals surface area contributed by atoms with Gasteiger partial charge in [-0.1, -0.05) is 13.0 Å². The van der Waals surface area contributed by atoms with Crippen molar-refractivity contribution in [3.05, 3.63) is 23.4 Å². The van der Waals surface area contributed by atoms with Gasteiger partial charge in [0, 0.05) is 18.8 Å². The average molecular weight is 233 g/mol. The van der Waals surface area contributed by atoms with Gasteiger partial charge in [-0.15, -0.1) is 0 Å². The predicted molar refractivity (Wildman–Crippen MR) is 72.4 cm³/mol. The number of aromatic nitrogens is 1. The quantitative estimate of drug-likeness (QED) is 0.867. The maximum absolute atomic E-state index is 5.58. The van der Waals surface area contributed by atoms with Crippen LogP contribution in [0.25, 0.3) is 0 Å². The van der Waals surface area contributed by atoms with Gasteiger partial charge in [0.25, 0.3) is 0 Å². The Morgan fingerprint density at radius 1 is 1.53 bits per heavy atom. The number of nitrogens with zero attached hydrogens (tertiary/aromatic N) is 2. The SMILES string of the molecule is CCC1CCCN1c1ncc(CCN)cc1C. The summed E-state index contributed by atoms with van der Waals surface area (Å²) in [6.45, 7) is 6.28. The maximum atomic E-state index is 5.58. The molecule has 0 bridgehead atoms. The highest BCUT2D eigenvalue weighted by Crippen LogP contribution is 2.28. The van der Waals surface area contributed by atoms with E-state index in [1.165, 1.54) is 36.2 Å².